The highest BCUT2D eigenvalue weighted by Crippen LogP contribution is 2.28. The van der Waals surface area contributed by atoms with Crippen molar-refractivity contribution in [2.45, 2.75) is 32.6 Å². The minimum absolute atomic E-state index is 0.0898. The van der Waals surface area contributed by atoms with Gasteiger partial charge in [0.25, 0.3) is 0 Å². The van der Waals surface area contributed by atoms with E-state index in [1.807, 2.05) is 30.0 Å². The van der Waals surface area contributed by atoms with E-state index in [1.54, 1.807) is 26.4 Å². The second-order valence-corrected chi connectivity index (χ2v) is 7.16. The summed E-state index contributed by atoms with van der Waals surface area (Å²) in [6.07, 6.45) is 6.75. The van der Waals surface area contributed by atoms with Crippen LogP contribution in [0.4, 0.5) is 11.6 Å². The number of piperidine rings is 1. The summed E-state index contributed by atoms with van der Waals surface area (Å²) in [5.41, 5.74) is 8.39. The Morgan fingerprint density at radius 2 is 2.17 bits per heavy atom. The number of aliphatic imine (C=N–C) groups is 1. The maximum Gasteiger partial charge on any atom is 0.219 e. The van der Waals surface area contributed by atoms with Crippen molar-refractivity contribution >= 4 is 29.3 Å². The fourth-order valence-electron chi connectivity index (χ4n) is 3.42. The highest BCUT2D eigenvalue weighted by atomic mass is 16.2. The molecule has 0 radical (unpaired) electrons. The molecule has 0 aromatic carbocycles. The molecule has 1 aliphatic heterocycles. The second kappa shape index (κ2) is 9.27. The standard InChI is InChI=1S/C21H27N7O/c1-14-6-7-24-19(9-14)26-20-10-18(16-5-4-8-28(13-16)15(2)29)25-21(27-20)17(11-22)12-23-3/h6-7,9-12,16H,4-5,8,13,22H2,1-3H3,(H,24,25,26,27). The van der Waals surface area contributed by atoms with Crippen LogP contribution in [0.25, 0.3) is 5.57 Å². The van der Waals surface area contributed by atoms with Gasteiger partial charge in [0.1, 0.15) is 11.6 Å². The van der Waals surface area contributed by atoms with Crippen LogP contribution in [0.2, 0.25) is 0 Å². The molecule has 2 aromatic heterocycles. The molecule has 1 atom stereocenters. The van der Waals surface area contributed by atoms with E-state index in [4.69, 9.17) is 10.7 Å². The van der Waals surface area contributed by atoms with E-state index in [0.717, 1.165) is 30.6 Å². The summed E-state index contributed by atoms with van der Waals surface area (Å²) >= 11 is 0. The quantitative estimate of drug-likeness (QED) is 0.756. The second-order valence-electron chi connectivity index (χ2n) is 7.16. The van der Waals surface area contributed by atoms with Crippen LogP contribution in [0.5, 0.6) is 0 Å². The number of hydrogen-bond donors (Lipinski definition) is 2. The van der Waals surface area contributed by atoms with Crippen molar-refractivity contribution in [1.29, 1.82) is 0 Å². The van der Waals surface area contributed by atoms with Crippen LogP contribution in [-0.2, 0) is 4.79 Å². The molecule has 0 bridgehead atoms. The molecule has 1 aliphatic rings. The normalized spacial score (nSPS) is 17.6. The number of pyridine rings is 1. The van der Waals surface area contributed by atoms with Crippen LogP contribution in [0, 0.1) is 6.92 Å². The van der Waals surface area contributed by atoms with Crippen molar-refractivity contribution in [2.75, 3.05) is 25.5 Å². The van der Waals surface area contributed by atoms with Crippen molar-refractivity contribution in [3.05, 3.63) is 47.7 Å². The van der Waals surface area contributed by atoms with Gasteiger partial charge in [0.05, 0.1) is 11.3 Å². The molecule has 1 amide bonds. The molecule has 3 heterocycles. The number of hydrogen-bond acceptors (Lipinski definition) is 7. The maximum absolute atomic E-state index is 11.9. The summed E-state index contributed by atoms with van der Waals surface area (Å²) in [6, 6.07) is 5.82. The number of rotatable bonds is 5. The molecular formula is C21H27N7O. The lowest BCUT2D eigenvalue weighted by molar-refractivity contribution is -0.130. The topological polar surface area (TPSA) is 109 Å². The first-order valence-electron chi connectivity index (χ1n) is 9.68. The van der Waals surface area contributed by atoms with Gasteiger partial charge in [-0.2, -0.15) is 0 Å². The third-order valence-electron chi connectivity index (χ3n) is 4.91. The van der Waals surface area contributed by atoms with Crippen LogP contribution >= 0.6 is 0 Å². The van der Waals surface area contributed by atoms with E-state index in [1.165, 1.54) is 6.20 Å². The van der Waals surface area contributed by atoms with Gasteiger partial charge in [-0.25, -0.2) is 15.0 Å². The number of nitrogens with two attached hydrogens (primary N) is 1. The smallest absolute Gasteiger partial charge is 0.219 e. The van der Waals surface area contributed by atoms with Crippen molar-refractivity contribution < 1.29 is 4.79 Å². The number of nitrogens with zero attached hydrogens (tertiary/aromatic N) is 5. The van der Waals surface area contributed by atoms with Gasteiger partial charge in [-0.3, -0.25) is 9.79 Å². The van der Waals surface area contributed by atoms with E-state index in [0.29, 0.717) is 29.6 Å². The number of aryl methyl sites for hydroxylation is 1. The highest BCUT2D eigenvalue weighted by molar-refractivity contribution is 6.08. The van der Waals surface area contributed by atoms with Gasteiger partial charge in [-0.1, -0.05) is 0 Å². The molecule has 0 spiro atoms. The average Bonchev–Trinajstić information content (AvgIpc) is 2.72. The Balaban J connectivity index is 1.99. The van der Waals surface area contributed by atoms with Crippen LogP contribution in [0.1, 0.15) is 42.8 Å². The fraction of sp³-hybridized carbons (Fsp3) is 0.381. The molecule has 8 heteroatoms. The van der Waals surface area contributed by atoms with Gasteiger partial charge >= 0.3 is 0 Å². The molecule has 0 saturated carbocycles. The summed E-state index contributed by atoms with van der Waals surface area (Å²) in [5, 5.41) is 3.26. The van der Waals surface area contributed by atoms with Gasteiger partial charge in [0, 0.05) is 57.7 Å². The third-order valence-corrected chi connectivity index (χ3v) is 4.91. The molecule has 1 fully saturated rings. The summed E-state index contributed by atoms with van der Waals surface area (Å²) in [4.78, 5) is 31.5. The minimum atomic E-state index is 0.0898. The number of amides is 1. The minimum Gasteiger partial charge on any atom is -0.404 e. The van der Waals surface area contributed by atoms with Gasteiger partial charge in [-0.05, 0) is 37.5 Å². The third kappa shape index (κ3) is 5.16. The molecular weight excluding hydrogens is 366 g/mol. The van der Waals surface area contributed by atoms with Crippen molar-refractivity contribution in [1.82, 2.24) is 19.9 Å². The number of nitrogens with one attached hydrogen (secondary N) is 1. The zero-order valence-electron chi connectivity index (χ0n) is 17.1. The Kier molecular flexibility index (Phi) is 6.54. The maximum atomic E-state index is 11.9. The Hall–Kier alpha value is -3.29. The monoisotopic (exact) mass is 393 g/mol. The van der Waals surface area contributed by atoms with Crippen LogP contribution in [0.15, 0.2) is 35.6 Å². The fourth-order valence-corrected chi connectivity index (χ4v) is 3.42. The van der Waals surface area contributed by atoms with Crippen LogP contribution < -0.4 is 11.1 Å². The Bertz CT molecular complexity index is 938. The molecule has 29 heavy (non-hydrogen) atoms. The summed E-state index contributed by atoms with van der Waals surface area (Å²) in [7, 11) is 1.68. The first-order chi connectivity index (χ1) is 14.0. The number of carbonyl (C=O) groups is 1. The number of likely N-dealkylation sites (tertiary alicyclic amines) is 1. The van der Waals surface area contributed by atoms with Crippen molar-refractivity contribution in [3.8, 4) is 0 Å². The lowest BCUT2D eigenvalue weighted by atomic mass is 9.94. The van der Waals surface area contributed by atoms with Crippen molar-refractivity contribution in [2.24, 2.45) is 10.7 Å². The number of carbonyl (C=O) groups excluding carboxylic acids is 1. The van der Waals surface area contributed by atoms with Crippen LogP contribution in [-0.4, -0.2) is 52.1 Å². The van der Waals surface area contributed by atoms with Crippen molar-refractivity contribution in [3.63, 3.8) is 0 Å². The van der Waals surface area contributed by atoms with E-state index in [9.17, 15) is 4.79 Å². The molecule has 152 valence electrons. The summed E-state index contributed by atoms with van der Waals surface area (Å²) in [6.45, 7) is 5.06. The molecule has 8 nitrogen and oxygen atoms in total. The Morgan fingerprint density at radius 3 is 2.86 bits per heavy atom. The lowest BCUT2D eigenvalue weighted by Crippen LogP contribution is -2.38. The van der Waals surface area contributed by atoms with Gasteiger partial charge in [0.2, 0.25) is 5.91 Å². The first-order valence-corrected chi connectivity index (χ1v) is 9.68. The van der Waals surface area contributed by atoms with E-state index in [2.05, 4.69) is 20.3 Å². The molecule has 3 N–H and O–H groups in total. The van der Waals surface area contributed by atoms with E-state index in [-0.39, 0.29) is 11.8 Å². The van der Waals surface area contributed by atoms with Crippen LogP contribution in [0.3, 0.4) is 0 Å². The SMILES string of the molecule is CN=CC(=CN)c1nc(Nc2cc(C)ccn2)cc(C2CCCN(C(C)=O)C2)n1. The molecule has 2 aromatic rings. The zero-order valence-corrected chi connectivity index (χ0v) is 17.1. The van der Waals surface area contributed by atoms with E-state index >= 15 is 0 Å². The van der Waals surface area contributed by atoms with Gasteiger partial charge in [-0.15, -0.1) is 0 Å². The Morgan fingerprint density at radius 1 is 1.34 bits per heavy atom. The van der Waals surface area contributed by atoms with Gasteiger partial charge in [0.15, 0.2) is 5.82 Å². The predicted octanol–water partition coefficient (Wildman–Crippen LogP) is 2.65. The first kappa shape index (κ1) is 20.4. The summed E-state index contributed by atoms with van der Waals surface area (Å²) in [5.74, 6) is 2.06. The molecule has 3 rings (SSSR count). The Labute approximate surface area is 171 Å². The largest absolute Gasteiger partial charge is 0.404 e. The zero-order chi connectivity index (χ0) is 20.8. The van der Waals surface area contributed by atoms with Gasteiger partial charge < -0.3 is 16.0 Å². The number of allylic oxidation sites excluding steroid dienone is 1. The molecule has 1 saturated heterocycles. The summed E-state index contributed by atoms with van der Waals surface area (Å²) < 4.78 is 0. The highest BCUT2D eigenvalue weighted by Gasteiger charge is 2.25. The predicted molar refractivity (Wildman–Crippen MR) is 115 cm³/mol. The molecule has 0 aliphatic carbocycles. The van der Waals surface area contributed by atoms with E-state index < -0.39 is 0 Å². The lowest BCUT2D eigenvalue weighted by Gasteiger charge is -2.32. The average molecular weight is 393 g/mol. The number of anilines is 2. The number of aromatic nitrogens is 3. The molecule has 1 unspecified atom stereocenters.